The van der Waals surface area contributed by atoms with Crippen LogP contribution in [0.15, 0.2) is 28.7 Å². The maximum Gasteiger partial charge on any atom is 0.0826 e. The van der Waals surface area contributed by atoms with Gasteiger partial charge in [0.1, 0.15) is 0 Å². The number of hydrogen-bond acceptors (Lipinski definition) is 3. The second-order valence-electron chi connectivity index (χ2n) is 4.52. The van der Waals surface area contributed by atoms with Crippen LogP contribution in [0.4, 0.5) is 0 Å². The molecule has 1 fully saturated rings. The molecule has 1 N–H and O–H groups in total. The number of morpholine rings is 1. The van der Waals surface area contributed by atoms with E-state index >= 15 is 0 Å². The van der Waals surface area contributed by atoms with Gasteiger partial charge in [-0.25, -0.2) is 0 Å². The fourth-order valence-electron chi connectivity index (χ4n) is 2.05. The van der Waals surface area contributed by atoms with Gasteiger partial charge in [0, 0.05) is 30.7 Å². The van der Waals surface area contributed by atoms with Crippen molar-refractivity contribution in [1.82, 2.24) is 10.2 Å². The van der Waals surface area contributed by atoms with Crippen LogP contribution < -0.4 is 5.32 Å². The van der Waals surface area contributed by atoms with Crippen LogP contribution in [0, 0.1) is 0 Å². The van der Waals surface area contributed by atoms with Crippen LogP contribution in [0.5, 0.6) is 0 Å². The Kier molecular flexibility index (Phi) is 4.98. The summed E-state index contributed by atoms with van der Waals surface area (Å²) in [5.74, 6) is 0. The number of halogens is 1. The molecule has 1 aromatic carbocycles. The molecular formula is C13H19BrN2O. The Bertz CT molecular complexity index is 336. The average Bonchev–Trinajstić information content (AvgIpc) is 2.33. The van der Waals surface area contributed by atoms with Gasteiger partial charge < -0.3 is 10.1 Å². The molecule has 2 rings (SSSR count). The summed E-state index contributed by atoms with van der Waals surface area (Å²) in [6.07, 6.45) is 0.323. The highest BCUT2D eigenvalue weighted by molar-refractivity contribution is 9.10. The smallest absolute Gasteiger partial charge is 0.0826 e. The molecule has 0 amide bonds. The zero-order valence-electron chi connectivity index (χ0n) is 10.2. The van der Waals surface area contributed by atoms with Crippen LogP contribution in [0.25, 0.3) is 0 Å². The van der Waals surface area contributed by atoms with E-state index in [1.165, 1.54) is 5.56 Å². The molecule has 1 unspecified atom stereocenters. The lowest BCUT2D eigenvalue weighted by atomic mass is 10.2. The highest BCUT2D eigenvalue weighted by Gasteiger charge is 2.15. The maximum absolute atomic E-state index is 5.69. The monoisotopic (exact) mass is 298 g/mol. The first-order valence-electron chi connectivity index (χ1n) is 5.99. The van der Waals surface area contributed by atoms with Gasteiger partial charge in [-0.05, 0) is 24.7 Å². The van der Waals surface area contributed by atoms with Crippen molar-refractivity contribution in [3.8, 4) is 0 Å². The maximum atomic E-state index is 5.69. The molecule has 0 saturated carbocycles. The Balaban J connectivity index is 1.79. The normalized spacial score (nSPS) is 20.8. The van der Waals surface area contributed by atoms with E-state index in [1.807, 2.05) is 0 Å². The molecule has 1 aliphatic heterocycles. The summed E-state index contributed by atoms with van der Waals surface area (Å²) in [6, 6.07) is 8.48. The van der Waals surface area contributed by atoms with Crippen molar-refractivity contribution < 1.29 is 4.74 Å². The van der Waals surface area contributed by atoms with Gasteiger partial charge in [0.2, 0.25) is 0 Å². The summed E-state index contributed by atoms with van der Waals surface area (Å²) < 4.78 is 6.82. The van der Waals surface area contributed by atoms with Crippen molar-refractivity contribution in [2.75, 3.05) is 33.3 Å². The summed E-state index contributed by atoms with van der Waals surface area (Å²) in [4.78, 5) is 2.31. The second kappa shape index (κ2) is 6.50. The Hall–Kier alpha value is -0.420. The molecule has 1 aromatic rings. The summed E-state index contributed by atoms with van der Waals surface area (Å²) in [5.41, 5.74) is 1.33. The van der Waals surface area contributed by atoms with Crippen molar-refractivity contribution in [3.05, 3.63) is 34.3 Å². The van der Waals surface area contributed by atoms with E-state index in [2.05, 4.69) is 57.5 Å². The zero-order chi connectivity index (χ0) is 12.1. The van der Waals surface area contributed by atoms with E-state index in [0.717, 1.165) is 37.3 Å². The molecule has 3 nitrogen and oxygen atoms in total. The third-order valence-electron chi connectivity index (χ3n) is 2.89. The lowest BCUT2D eigenvalue weighted by Crippen LogP contribution is -2.44. The van der Waals surface area contributed by atoms with Gasteiger partial charge >= 0.3 is 0 Å². The number of likely N-dealkylation sites (N-methyl/N-ethyl adjacent to an activating group) is 1. The Morgan fingerprint density at radius 1 is 1.41 bits per heavy atom. The predicted molar refractivity (Wildman–Crippen MR) is 73.1 cm³/mol. The predicted octanol–water partition coefficient (Wildman–Crippen LogP) is 1.87. The van der Waals surface area contributed by atoms with E-state index in [0.29, 0.717) is 6.10 Å². The van der Waals surface area contributed by atoms with Crippen molar-refractivity contribution in [3.63, 3.8) is 0 Å². The minimum Gasteiger partial charge on any atom is -0.374 e. The molecule has 4 heteroatoms. The molecule has 0 aliphatic carbocycles. The molecular weight excluding hydrogens is 280 g/mol. The standard InChI is InChI=1S/C13H19BrN2O/c1-16(10-13-8-15-6-7-17-13)9-11-2-4-12(14)5-3-11/h2-5,13,15H,6-10H2,1H3. The number of ether oxygens (including phenoxy) is 1. The lowest BCUT2D eigenvalue weighted by Gasteiger charge is -2.28. The van der Waals surface area contributed by atoms with Crippen LogP contribution >= 0.6 is 15.9 Å². The highest BCUT2D eigenvalue weighted by Crippen LogP contribution is 2.12. The third-order valence-corrected chi connectivity index (χ3v) is 3.41. The van der Waals surface area contributed by atoms with Crippen LogP contribution in [0.3, 0.4) is 0 Å². The quantitative estimate of drug-likeness (QED) is 0.918. The highest BCUT2D eigenvalue weighted by atomic mass is 79.9. The number of rotatable bonds is 4. The number of nitrogens with one attached hydrogen (secondary N) is 1. The Morgan fingerprint density at radius 3 is 2.82 bits per heavy atom. The number of benzene rings is 1. The topological polar surface area (TPSA) is 24.5 Å². The van der Waals surface area contributed by atoms with Crippen molar-refractivity contribution in [2.45, 2.75) is 12.6 Å². The fraction of sp³-hybridized carbons (Fsp3) is 0.538. The summed E-state index contributed by atoms with van der Waals surface area (Å²) >= 11 is 3.45. The minimum atomic E-state index is 0.323. The summed E-state index contributed by atoms with van der Waals surface area (Å²) in [6.45, 7) is 4.71. The van der Waals surface area contributed by atoms with Gasteiger partial charge in [0.05, 0.1) is 12.7 Å². The molecule has 0 bridgehead atoms. The van der Waals surface area contributed by atoms with Crippen LogP contribution in [0.1, 0.15) is 5.56 Å². The van der Waals surface area contributed by atoms with Gasteiger partial charge in [-0.15, -0.1) is 0 Å². The van der Waals surface area contributed by atoms with Crippen LogP contribution in [-0.4, -0.2) is 44.3 Å². The van der Waals surface area contributed by atoms with Crippen molar-refractivity contribution in [2.24, 2.45) is 0 Å². The molecule has 0 radical (unpaired) electrons. The van der Waals surface area contributed by atoms with Crippen molar-refractivity contribution >= 4 is 15.9 Å². The molecule has 0 spiro atoms. The van der Waals surface area contributed by atoms with Gasteiger partial charge in [-0.1, -0.05) is 28.1 Å². The average molecular weight is 299 g/mol. The van der Waals surface area contributed by atoms with Gasteiger partial charge in [0.25, 0.3) is 0 Å². The van der Waals surface area contributed by atoms with E-state index < -0.39 is 0 Å². The van der Waals surface area contributed by atoms with Gasteiger partial charge in [-0.2, -0.15) is 0 Å². The second-order valence-corrected chi connectivity index (χ2v) is 5.44. The first-order chi connectivity index (χ1) is 8.24. The van der Waals surface area contributed by atoms with Gasteiger partial charge in [-0.3, -0.25) is 4.90 Å². The summed E-state index contributed by atoms with van der Waals surface area (Å²) in [7, 11) is 2.14. The minimum absolute atomic E-state index is 0.323. The first kappa shape index (κ1) is 13.0. The van der Waals surface area contributed by atoms with E-state index in [-0.39, 0.29) is 0 Å². The SMILES string of the molecule is CN(Cc1ccc(Br)cc1)CC1CNCCO1. The fourth-order valence-corrected chi connectivity index (χ4v) is 2.31. The lowest BCUT2D eigenvalue weighted by molar-refractivity contribution is 0.00885. The summed E-state index contributed by atoms with van der Waals surface area (Å²) in [5, 5.41) is 3.35. The van der Waals surface area contributed by atoms with E-state index in [9.17, 15) is 0 Å². The molecule has 1 aliphatic rings. The van der Waals surface area contributed by atoms with E-state index in [1.54, 1.807) is 0 Å². The zero-order valence-corrected chi connectivity index (χ0v) is 11.7. The van der Waals surface area contributed by atoms with Crippen molar-refractivity contribution in [1.29, 1.82) is 0 Å². The Morgan fingerprint density at radius 2 is 2.18 bits per heavy atom. The van der Waals surface area contributed by atoms with Crippen LogP contribution in [-0.2, 0) is 11.3 Å². The first-order valence-corrected chi connectivity index (χ1v) is 6.78. The number of hydrogen-bond donors (Lipinski definition) is 1. The molecule has 1 saturated heterocycles. The Labute approximate surface area is 111 Å². The molecule has 1 atom stereocenters. The molecule has 1 heterocycles. The molecule has 0 aromatic heterocycles. The third kappa shape index (κ3) is 4.39. The van der Waals surface area contributed by atoms with Gasteiger partial charge in [0.15, 0.2) is 0 Å². The number of nitrogens with zero attached hydrogens (tertiary/aromatic N) is 1. The van der Waals surface area contributed by atoms with E-state index in [4.69, 9.17) is 4.74 Å². The van der Waals surface area contributed by atoms with Crippen LogP contribution in [0.2, 0.25) is 0 Å². The largest absolute Gasteiger partial charge is 0.374 e. The molecule has 94 valence electrons. The molecule has 17 heavy (non-hydrogen) atoms.